The van der Waals surface area contributed by atoms with Gasteiger partial charge in [-0.05, 0) is 0 Å². The Labute approximate surface area is 92.4 Å². The Morgan fingerprint density at radius 1 is 1.31 bits per heavy atom. The standard InChI is InChI=1S/C7H5IN4S/c8-7-10-1-4(2-11-7)6-12-5(9)3-13-6/h1-3H,9H2. The lowest BCUT2D eigenvalue weighted by Gasteiger charge is -1.93. The van der Waals surface area contributed by atoms with E-state index in [1.54, 1.807) is 17.8 Å². The SMILES string of the molecule is Nc1csc(-c2cnc(I)nc2)n1. The molecule has 66 valence electrons. The molecule has 0 saturated carbocycles. The molecule has 2 aromatic rings. The molecule has 0 aliphatic heterocycles. The molecule has 0 radical (unpaired) electrons. The molecule has 2 aromatic heterocycles. The van der Waals surface area contributed by atoms with Gasteiger partial charge in [-0.25, -0.2) is 15.0 Å². The quantitative estimate of drug-likeness (QED) is 0.644. The summed E-state index contributed by atoms with van der Waals surface area (Å²) < 4.78 is 0.728. The summed E-state index contributed by atoms with van der Waals surface area (Å²) in [5.41, 5.74) is 6.41. The van der Waals surface area contributed by atoms with Gasteiger partial charge in [0.15, 0.2) is 3.83 Å². The molecule has 0 aromatic carbocycles. The number of hydrogen-bond acceptors (Lipinski definition) is 5. The number of rotatable bonds is 1. The van der Waals surface area contributed by atoms with Crippen molar-refractivity contribution in [3.63, 3.8) is 0 Å². The van der Waals surface area contributed by atoms with Crippen LogP contribution in [0.2, 0.25) is 0 Å². The molecule has 4 nitrogen and oxygen atoms in total. The van der Waals surface area contributed by atoms with Crippen LogP contribution in [-0.2, 0) is 0 Å². The summed E-state index contributed by atoms with van der Waals surface area (Å²) in [5.74, 6) is 0.540. The predicted molar refractivity (Wildman–Crippen MR) is 60.3 cm³/mol. The van der Waals surface area contributed by atoms with Crippen molar-refractivity contribution in [3.8, 4) is 10.6 Å². The minimum Gasteiger partial charge on any atom is -0.383 e. The number of nitrogen functional groups attached to an aromatic ring is 1. The van der Waals surface area contributed by atoms with E-state index in [9.17, 15) is 0 Å². The van der Waals surface area contributed by atoms with Crippen LogP contribution in [0.4, 0.5) is 5.82 Å². The monoisotopic (exact) mass is 304 g/mol. The molecule has 0 spiro atoms. The Morgan fingerprint density at radius 2 is 2.00 bits per heavy atom. The fourth-order valence-electron chi connectivity index (χ4n) is 0.841. The van der Waals surface area contributed by atoms with Crippen molar-refractivity contribution in [1.29, 1.82) is 0 Å². The van der Waals surface area contributed by atoms with Gasteiger partial charge in [0.05, 0.1) is 0 Å². The highest BCUT2D eigenvalue weighted by Gasteiger charge is 2.03. The molecule has 2 rings (SSSR count). The molecule has 0 unspecified atom stereocenters. The first-order valence-corrected chi connectivity index (χ1v) is 5.40. The largest absolute Gasteiger partial charge is 0.383 e. The van der Waals surface area contributed by atoms with Crippen LogP contribution in [0.3, 0.4) is 0 Å². The second-order valence-corrected chi connectivity index (χ2v) is 4.14. The zero-order valence-corrected chi connectivity index (χ0v) is 9.41. The topological polar surface area (TPSA) is 64.7 Å². The number of nitrogens with two attached hydrogens (primary N) is 1. The smallest absolute Gasteiger partial charge is 0.190 e. The molecular weight excluding hydrogens is 299 g/mol. The Morgan fingerprint density at radius 3 is 2.54 bits per heavy atom. The average molecular weight is 304 g/mol. The highest BCUT2D eigenvalue weighted by Crippen LogP contribution is 2.23. The van der Waals surface area contributed by atoms with E-state index in [0.717, 1.165) is 14.4 Å². The molecule has 0 fully saturated rings. The molecule has 0 aliphatic rings. The normalized spacial score (nSPS) is 10.2. The van der Waals surface area contributed by atoms with Gasteiger partial charge in [0.25, 0.3) is 0 Å². The summed E-state index contributed by atoms with van der Waals surface area (Å²) in [5, 5.41) is 2.65. The van der Waals surface area contributed by atoms with Gasteiger partial charge >= 0.3 is 0 Å². The van der Waals surface area contributed by atoms with Crippen LogP contribution in [0.5, 0.6) is 0 Å². The minimum absolute atomic E-state index is 0.540. The van der Waals surface area contributed by atoms with E-state index in [4.69, 9.17) is 5.73 Å². The van der Waals surface area contributed by atoms with Crippen LogP contribution in [0.15, 0.2) is 17.8 Å². The van der Waals surface area contributed by atoms with Gasteiger partial charge in [-0.2, -0.15) is 0 Å². The summed E-state index contributed by atoms with van der Waals surface area (Å²) >= 11 is 3.55. The van der Waals surface area contributed by atoms with E-state index in [0.29, 0.717) is 5.82 Å². The summed E-state index contributed by atoms with van der Waals surface area (Å²) in [6, 6.07) is 0. The first kappa shape index (κ1) is 8.82. The van der Waals surface area contributed by atoms with Crippen molar-refractivity contribution in [3.05, 3.63) is 21.6 Å². The number of thiazole rings is 1. The number of anilines is 1. The van der Waals surface area contributed by atoms with Crippen LogP contribution >= 0.6 is 33.9 Å². The molecule has 2 heterocycles. The van der Waals surface area contributed by atoms with Crippen LogP contribution < -0.4 is 5.73 Å². The molecule has 6 heteroatoms. The van der Waals surface area contributed by atoms with E-state index in [2.05, 4.69) is 37.5 Å². The van der Waals surface area contributed by atoms with Gasteiger partial charge in [-0.1, -0.05) is 0 Å². The van der Waals surface area contributed by atoms with Crippen LogP contribution in [0.25, 0.3) is 10.6 Å². The van der Waals surface area contributed by atoms with Crippen LogP contribution in [0, 0.1) is 3.83 Å². The maximum Gasteiger partial charge on any atom is 0.190 e. The summed E-state index contributed by atoms with van der Waals surface area (Å²) in [7, 11) is 0. The lowest BCUT2D eigenvalue weighted by atomic mass is 10.4. The number of nitrogens with zero attached hydrogens (tertiary/aromatic N) is 3. The summed E-state index contributed by atoms with van der Waals surface area (Å²) in [6.45, 7) is 0. The summed E-state index contributed by atoms with van der Waals surface area (Å²) in [6.07, 6.45) is 3.49. The highest BCUT2D eigenvalue weighted by atomic mass is 127. The van der Waals surface area contributed by atoms with Crippen LogP contribution in [-0.4, -0.2) is 15.0 Å². The fourth-order valence-corrected chi connectivity index (χ4v) is 1.80. The lowest BCUT2D eigenvalue weighted by Crippen LogP contribution is -1.88. The highest BCUT2D eigenvalue weighted by molar-refractivity contribution is 14.1. The second kappa shape index (κ2) is 3.54. The van der Waals surface area contributed by atoms with Crippen molar-refractivity contribution in [2.24, 2.45) is 0 Å². The molecule has 0 amide bonds. The van der Waals surface area contributed by atoms with E-state index >= 15 is 0 Å². The van der Waals surface area contributed by atoms with E-state index in [-0.39, 0.29) is 0 Å². The number of halogens is 1. The van der Waals surface area contributed by atoms with Gasteiger partial charge in [-0.15, -0.1) is 11.3 Å². The van der Waals surface area contributed by atoms with Gasteiger partial charge in [0, 0.05) is 45.9 Å². The Balaban J connectivity index is 2.41. The first-order chi connectivity index (χ1) is 6.25. The molecule has 0 bridgehead atoms. The molecular formula is C7H5IN4S. The first-order valence-electron chi connectivity index (χ1n) is 3.44. The maximum atomic E-state index is 5.50. The summed E-state index contributed by atoms with van der Waals surface area (Å²) in [4.78, 5) is 12.3. The molecule has 2 N–H and O–H groups in total. The van der Waals surface area contributed by atoms with E-state index in [1.165, 1.54) is 11.3 Å². The fraction of sp³-hybridized carbons (Fsp3) is 0. The zero-order chi connectivity index (χ0) is 9.26. The van der Waals surface area contributed by atoms with Gasteiger partial charge < -0.3 is 5.73 Å². The lowest BCUT2D eigenvalue weighted by molar-refractivity contribution is 1.11. The van der Waals surface area contributed by atoms with E-state index < -0.39 is 0 Å². The van der Waals surface area contributed by atoms with Crippen molar-refractivity contribution in [1.82, 2.24) is 15.0 Å². The molecule has 0 saturated heterocycles. The van der Waals surface area contributed by atoms with Gasteiger partial charge in [0.1, 0.15) is 10.8 Å². The Kier molecular flexibility index (Phi) is 2.40. The van der Waals surface area contributed by atoms with Crippen LogP contribution in [0.1, 0.15) is 0 Å². The molecule has 0 atom stereocenters. The minimum atomic E-state index is 0.540. The maximum absolute atomic E-state index is 5.50. The third-order valence-corrected chi connectivity index (χ3v) is 2.86. The van der Waals surface area contributed by atoms with Crippen molar-refractivity contribution < 1.29 is 0 Å². The molecule has 13 heavy (non-hydrogen) atoms. The Hall–Kier alpha value is -0.760. The van der Waals surface area contributed by atoms with E-state index in [1.807, 2.05) is 0 Å². The van der Waals surface area contributed by atoms with Gasteiger partial charge in [-0.3, -0.25) is 0 Å². The number of aromatic nitrogens is 3. The second-order valence-electron chi connectivity index (χ2n) is 2.32. The predicted octanol–water partition coefficient (Wildman–Crippen LogP) is 1.79. The average Bonchev–Trinajstić information content (AvgIpc) is 2.53. The Bertz CT molecular complexity index is 411. The molecule has 0 aliphatic carbocycles. The van der Waals surface area contributed by atoms with Gasteiger partial charge in [0.2, 0.25) is 0 Å². The van der Waals surface area contributed by atoms with Crippen molar-refractivity contribution in [2.45, 2.75) is 0 Å². The zero-order valence-electron chi connectivity index (χ0n) is 6.44. The number of hydrogen-bond donors (Lipinski definition) is 1. The van der Waals surface area contributed by atoms with Crippen molar-refractivity contribution >= 4 is 39.7 Å². The third kappa shape index (κ3) is 1.94. The van der Waals surface area contributed by atoms with Crippen molar-refractivity contribution in [2.75, 3.05) is 5.73 Å². The third-order valence-electron chi connectivity index (χ3n) is 1.39.